The predicted octanol–water partition coefficient (Wildman–Crippen LogP) is 8.06. The van der Waals surface area contributed by atoms with Crippen molar-refractivity contribution in [2.75, 3.05) is 13.1 Å². The average molecular weight is 631 g/mol. The highest BCUT2D eigenvalue weighted by molar-refractivity contribution is 6.00. The van der Waals surface area contributed by atoms with Crippen molar-refractivity contribution >= 4 is 17.6 Å². The van der Waals surface area contributed by atoms with Gasteiger partial charge in [0.05, 0.1) is 5.41 Å². The third-order valence-electron chi connectivity index (χ3n) is 14.9. The molecule has 5 nitrogen and oxygen atoms in total. The van der Waals surface area contributed by atoms with Gasteiger partial charge in [0.15, 0.2) is 5.78 Å². The molecule has 0 heterocycles. The Hall–Kier alpha value is -2.76. The van der Waals surface area contributed by atoms with E-state index in [4.69, 9.17) is 0 Å². The molecule has 0 aromatic heterocycles. The largest absolute Gasteiger partial charge is 0.354 e. The van der Waals surface area contributed by atoms with Crippen molar-refractivity contribution < 1.29 is 18.8 Å². The number of allylic oxidation sites excluding steroid dienone is 3. The molecule has 4 fully saturated rings. The molecule has 4 saturated carbocycles. The maximum atomic E-state index is 14.3. The monoisotopic (exact) mass is 630 g/mol. The van der Waals surface area contributed by atoms with Gasteiger partial charge in [-0.1, -0.05) is 66.7 Å². The van der Waals surface area contributed by atoms with Crippen LogP contribution < -0.4 is 10.6 Å². The average Bonchev–Trinajstić information content (AvgIpc) is 3.00. The van der Waals surface area contributed by atoms with E-state index in [2.05, 4.69) is 71.8 Å². The van der Waals surface area contributed by atoms with Gasteiger partial charge in [-0.25, -0.2) is 4.39 Å². The first-order valence-electron chi connectivity index (χ1n) is 17.8. The third-order valence-corrected chi connectivity index (χ3v) is 14.9. The number of halogens is 1. The topological polar surface area (TPSA) is 75.3 Å². The summed E-state index contributed by atoms with van der Waals surface area (Å²) in [5.41, 5.74) is 1.96. The molecule has 1 aromatic rings. The Morgan fingerprint density at radius 2 is 1.59 bits per heavy atom. The standard InChI is InChI=1S/C40H55FN2O3/c1-24-15-18-40(35(46)43-22-21-42-34(45)27-9-11-28(41)12-10-27)20-19-38(7)29(32(40)26(24)3)13-14-31-37(6)23-25(2)33(44)36(4,5)30(37)16-17-39(31,38)8/h9-13,24,26,30-32H,2,14-23H2,1,3-8H3,(H,42,45)(H,43,46)/t24-,26+,30+,31-,32+,37+,38-,39-,40+/m1/s1. The van der Waals surface area contributed by atoms with Gasteiger partial charge in [0.25, 0.3) is 5.91 Å². The number of fused-ring (bicyclic) bond motifs is 7. The predicted molar refractivity (Wildman–Crippen MR) is 180 cm³/mol. The van der Waals surface area contributed by atoms with Gasteiger partial charge in [0.1, 0.15) is 5.82 Å². The quantitative estimate of drug-likeness (QED) is 0.196. The Balaban J connectivity index is 1.26. The zero-order valence-corrected chi connectivity index (χ0v) is 29.2. The Bertz CT molecular complexity index is 1480. The summed E-state index contributed by atoms with van der Waals surface area (Å²) in [4.78, 5) is 40.2. The van der Waals surface area contributed by atoms with E-state index in [0.717, 1.165) is 56.9 Å². The first kappa shape index (κ1) is 33.2. The van der Waals surface area contributed by atoms with Gasteiger partial charge < -0.3 is 10.6 Å². The molecular formula is C40H55FN2O3. The van der Waals surface area contributed by atoms with Crippen LogP contribution in [0.3, 0.4) is 0 Å². The smallest absolute Gasteiger partial charge is 0.251 e. The molecule has 0 bridgehead atoms. The van der Waals surface area contributed by atoms with E-state index in [0.29, 0.717) is 42.3 Å². The fraction of sp³-hybridized carbons (Fsp3) is 0.675. The number of nitrogens with one attached hydrogen (secondary N) is 2. The summed E-state index contributed by atoms with van der Waals surface area (Å²) >= 11 is 0. The summed E-state index contributed by atoms with van der Waals surface area (Å²) in [5, 5.41) is 6.12. The minimum Gasteiger partial charge on any atom is -0.354 e. The minimum absolute atomic E-state index is 0.0142. The van der Waals surface area contributed by atoms with Gasteiger partial charge in [-0.2, -0.15) is 0 Å². The highest BCUT2D eigenvalue weighted by Gasteiger charge is 2.69. The Morgan fingerprint density at radius 1 is 0.913 bits per heavy atom. The highest BCUT2D eigenvalue weighted by atomic mass is 19.1. The van der Waals surface area contributed by atoms with Crippen LogP contribution in [0.25, 0.3) is 0 Å². The summed E-state index contributed by atoms with van der Waals surface area (Å²) < 4.78 is 13.3. The number of ketones is 1. The molecule has 250 valence electrons. The number of benzene rings is 1. The van der Waals surface area contributed by atoms with Crippen LogP contribution in [0.1, 0.15) is 110 Å². The Labute approximate surface area is 275 Å². The van der Waals surface area contributed by atoms with Gasteiger partial charge in [-0.3, -0.25) is 14.4 Å². The summed E-state index contributed by atoms with van der Waals surface area (Å²) in [6.07, 6.45) is 10.3. The van der Waals surface area contributed by atoms with Crippen LogP contribution in [-0.2, 0) is 9.59 Å². The number of hydrogen-bond acceptors (Lipinski definition) is 3. The lowest BCUT2D eigenvalue weighted by molar-refractivity contribution is -0.181. The molecule has 0 aliphatic heterocycles. The molecule has 0 unspecified atom stereocenters. The number of carbonyl (C=O) groups excluding carboxylic acids is 3. The maximum absolute atomic E-state index is 14.3. The molecule has 6 heteroatoms. The van der Waals surface area contributed by atoms with Gasteiger partial charge in [-0.05, 0) is 127 Å². The normalized spacial score (nSPS) is 41.2. The molecular weight excluding hydrogens is 575 g/mol. The number of amides is 2. The minimum atomic E-state index is -0.448. The number of carbonyl (C=O) groups is 3. The van der Waals surface area contributed by atoms with Crippen molar-refractivity contribution in [3.63, 3.8) is 0 Å². The second-order valence-electron chi connectivity index (χ2n) is 17.2. The fourth-order valence-electron chi connectivity index (χ4n) is 12.1. The lowest BCUT2D eigenvalue weighted by Gasteiger charge is -2.71. The zero-order valence-electron chi connectivity index (χ0n) is 29.2. The van der Waals surface area contributed by atoms with E-state index in [1.807, 2.05) is 0 Å². The van der Waals surface area contributed by atoms with Crippen LogP contribution in [0.15, 0.2) is 48.1 Å². The van der Waals surface area contributed by atoms with Crippen molar-refractivity contribution in [3.8, 4) is 0 Å². The highest BCUT2D eigenvalue weighted by Crippen LogP contribution is 2.75. The SMILES string of the molecule is C=C1C[C@]2(C)[C@H]3CC=C4[C@@H]5[C@@H](C)[C@H](C)CC[C@]5(C(=O)NCCNC(=O)c5ccc(F)cc5)CC[C@@]4(C)[C@]3(C)CC[C@H]2C(C)(C)C1=O. The van der Waals surface area contributed by atoms with Crippen molar-refractivity contribution in [2.24, 2.45) is 56.7 Å². The molecule has 1 aromatic carbocycles. The lowest BCUT2D eigenvalue weighted by atomic mass is 9.33. The maximum Gasteiger partial charge on any atom is 0.251 e. The zero-order chi connectivity index (χ0) is 33.4. The van der Waals surface area contributed by atoms with E-state index in [-0.39, 0.29) is 51.0 Å². The van der Waals surface area contributed by atoms with Crippen molar-refractivity contribution in [1.82, 2.24) is 10.6 Å². The molecule has 46 heavy (non-hydrogen) atoms. The van der Waals surface area contributed by atoms with Crippen molar-refractivity contribution in [3.05, 3.63) is 59.4 Å². The van der Waals surface area contributed by atoms with Crippen LogP contribution in [0.4, 0.5) is 4.39 Å². The first-order chi connectivity index (χ1) is 21.5. The van der Waals surface area contributed by atoms with E-state index in [1.54, 1.807) is 0 Å². The first-order valence-corrected chi connectivity index (χ1v) is 17.8. The number of rotatable bonds is 5. The van der Waals surface area contributed by atoms with Crippen molar-refractivity contribution in [2.45, 2.75) is 99.8 Å². The molecule has 0 radical (unpaired) electrons. The van der Waals surface area contributed by atoms with Gasteiger partial charge in [0, 0.05) is 24.1 Å². The van der Waals surface area contributed by atoms with E-state index in [9.17, 15) is 18.8 Å². The molecule has 0 saturated heterocycles. The van der Waals surface area contributed by atoms with Gasteiger partial charge >= 0.3 is 0 Å². The summed E-state index contributed by atoms with van der Waals surface area (Å²) in [6.45, 7) is 21.5. The van der Waals surface area contributed by atoms with E-state index < -0.39 is 5.41 Å². The van der Waals surface area contributed by atoms with Crippen LogP contribution in [0.2, 0.25) is 0 Å². The summed E-state index contributed by atoms with van der Waals surface area (Å²) in [6, 6.07) is 5.49. The van der Waals surface area contributed by atoms with Gasteiger partial charge in [0.2, 0.25) is 5.91 Å². The molecule has 9 atom stereocenters. The summed E-state index contributed by atoms with van der Waals surface area (Å²) in [5.74, 6) is 1.65. The Morgan fingerprint density at radius 3 is 2.28 bits per heavy atom. The van der Waals surface area contributed by atoms with Crippen LogP contribution >= 0.6 is 0 Å². The molecule has 2 N–H and O–H groups in total. The Kier molecular flexibility index (Phi) is 8.04. The molecule has 6 rings (SSSR count). The van der Waals surface area contributed by atoms with Crippen LogP contribution in [0, 0.1) is 62.5 Å². The third kappa shape index (κ3) is 4.62. The number of hydrogen-bond donors (Lipinski definition) is 2. The molecule has 5 aliphatic rings. The van der Waals surface area contributed by atoms with Crippen LogP contribution in [0.5, 0.6) is 0 Å². The van der Waals surface area contributed by atoms with E-state index in [1.165, 1.54) is 29.8 Å². The lowest BCUT2D eigenvalue weighted by Crippen LogP contribution is -2.65. The second kappa shape index (κ2) is 11.2. The second-order valence-corrected chi connectivity index (χ2v) is 17.2. The number of Topliss-reactive ketones (excluding diaryl/α,β-unsaturated/α-hetero) is 1. The van der Waals surface area contributed by atoms with E-state index >= 15 is 0 Å². The molecule has 0 spiro atoms. The molecule has 5 aliphatic carbocycles. The fourth-order valence-corrected chi connectivity index (χ4v) is 12.1. The molecule has 2 amide bonds. The summed E-state index contributed by atoms with van der Waals surface area (Å²) in [7, 11) is 0. The van der Waals surface area contributed by atoms with Crippen molar-refractivity contribution in [1.29, 1.82) is 0 Å². The van der Waals surface area contributed by atoms with Crippen LogP contribution in [-0.4, -0.2) is 30.7 Å². The van der Waals surface area contributed by atoms with Gasteiger partial charge in [-0.15, -0.1) is 0 Å².